The minimum absolute atomic E-state index is 0.357. The van der Waals surface area contributed by atoms with Crippen LogP contribution >= 0.6 is 0 Å². The first-order valence-corrected chi connectivity index (χ1v) is 12.3. The van der Waals surface area contributed by atoms with E-state index in [1.54, 1.807) is 48.5 Å². The number of anilines is 3. The summed E-state index contributed by atoms with van der Waals surface area (Å²) in [7, 11) is 0. The molecule has 39 heavy (non-hydrogen) atoms. The SMILES string of the molecule is O=C(NOc1ccccc1)c1ccc(N(c2ccccc2)c2ccc(C(=O)NOc3ccccc3)cc2)cc1. The molecule has 2 N–H and O–H groups in total. The molecule has 5 aromatic carbocycles. The molecule has 0 bridgehead atoms. The average Bonchev–Trinajstić information content (AvgIpc) is 3.01. The second-order valence-electron chi connectivity index (χ2n) is 8.46. The van der Waals surface area contributed by atoms with Crippen molar-refractivity contribution < 1.29 is 19.3 Å². The maximum atomic E-state index is 12.6. The van der Waals surface area contributed by atoms with Crippen LogP contribution in [0, 0.1) is 0 Å². The van der Waals surface area contributed by atoms with Crippen LogP contribution in [0.1, 0.15) is 20.7 Å². The van der Waals surface area contributed by atoms with Crippen molar-refractivity contribution in [3.8, 4) is 11.5 Å². The molecule has 0 fully saturated rings. The van der Waals surface area contributed by atoms with E-state index in [0.717, 1.165) is 17.1 Å². The second kappa shape index (κ2) is 12.1. The van der Waals surface area contributed by atoms with Gasteiger partial charge in [-0.05, 0) is 84.9 Å². The minimum Gasteiger partial charge on any atom is -0.379 e. The molecule has 0 aliphatic carbocycles. The van der Waals surface area contributed by atoms with E-state index in [1.807, 2.05) is 95.9 Å². The number of nitrogens with zero attached hydrogens (tertiary/aromatic N) is 1. The number of nitrogens with one attached hydrogen (secondary N) is 2. The molecule has 7 heteroatoms. The van der Waals surface area contributed by atoms with E-state index in [1.165, 1.54) is 0 Å². The number of amides is 2. The number of hydroxylamine groups is 2. The third kappa shape index (κ3) is 6.42. The van der Waals surface area contributed by atoms with Gasteiger partial charge in [0.2, 0.25) is 0 Å². The summed E-state index contributed by atoms with van der Waals surface area (Å²) in [5.74, 6) is 0.373. The molecular formula is C32H25N3O4. The number of carbonyl (C=O) groups excluding carboxylic acids is 2. The Bertz CT molecular complexity index is 1410. The van der Waals surface area contributed by atoms with E-state index in [-0.39, 0.29) is 11.8 Å². The summed E-state index contributed by atoms with van der Waals surface area (Å²) in [6.45, 7) is 0. The van der Waals surface area contributed by atoms with Crippen LogP contribution in [0.25, 0.3) is 0 Å². The van der Waals surface area contributed by atoms with E-state index in [2.05, 4.69) is 11.0 Å². The zero-order valence-corrected chi connectivity index (χ0v) is 20.9. The summed E-state index contributed by atoms with van der Waals surface area (Å²) in [4.78, 5) is 37.9. The smallest absolute Gasteiger partial charge is 0.283 e. The first-order chi connectivity index (χ1) is 19.2. The van der Waals surface area contributed by atoms with Gasteiger partial charge in [0.1, 0.15) is 0 Å². The number of rotatable bonds is 9. The van der Waals surface area contributed by atoms with Gasteiger partial charge in [0, 0.05) is 28.2 Å². The number of hydrogen-bond donors (Lipinski definition) is 2. The number of hydrogen-bond acceptors (Lipinski definition) is 5. The predicted molar refractivity (Wildman–Crippen MR) is 150 cm³/mol. The van der Waals surface area contributed by atoms with Gasteiger partial charge in [-0.2, -0.15) is 11.0 Å². The highest BCUT2D eigenvalue weighted by Crippen LogP contribution is 2.34. The normalized spacial score (nSPS) is 10.3. The Labute approximate surface area is 226 Å². The zero-order valence-electron chi connectivity index (χ0n) is 20.9. The van der Waals surface area contributed by atoms with Crippen LogP contribution in [0.15, 0.2) is 140 Å². The quantitative estimate of drug-likeness (QED) is 0.216. The lowest BCUT2D eigenvalue weighted by atomic mass is 10.1. The zero-order chi connectivity index (χ0) is 26.9. The Kier molecular flexibility index (Phi) is 7.80. The number of benzene rings is 5. The van der Waals surface area contributed by atoms with Crippen LogP contribution in [-0.4, -0.2) is 11.8 Å². The van der Waals surface area contributed by atoms with Crippen LogP contribution in [0.4, 0.5) is 17.1 Å². The van der Waals surface area contributed by atoms with E-state index < -0.39 is 0 Å². The largest absolute Gasteiger partial charge is 0.379 e. The summed E-state index contributed by atoms with van der Waals surface area (Å²) < 4.78 is 0. The lowest BCUT2D eigenvalue weighted by molar-refractivity contribution is 0.0754. The van der Waals surface area contributed by atoms with Crippen LogP contribution < -0.4 is 25.5 Å². The Morgan fingerprint density at radius 3 is 1.15 bits per heavy atom. The average molecular weight is 516 g/mol. The van der Waals surface area contributed by atoms with Gasteiger partial charge in [0.25, 0.3) is 11.8 Å². The fourth-order valence-electron chi connectivity index (χ4n) is 3.85. The van der Waals surface area contributed by atoms with Gasteiger partial charge in [-0.25, -0.2) is 0 Å². The highest BCUT2D eigenvalue weighted by molar-refractivity contribution is 5.95. The van der Waals surface area contributed by atoms with Crippen LogP contribution in [0.3, 0.4) is 0 Å². The van der Waals surface area contributed by atoms with Gasteiger partial charge in [-0.3, -0.25) is 9.59 Å². The molecule has 0 spiro atoms. The van der Waals surface area contributed by atoms with Crippen molar-refractivity contribution in [3.63, 3.8) is 0 Å². The lowest BCUT2D eigenvalue weighted by Crippen LogP contribution is -2.27. The summed E-state index contributed by atoms with van der Waals surface area (Å²) in [5, 5.41) is 0. The molecule has 5 aromatic rings. The van der Waals surface area contributed by atoms with Gasteiger partial charge in [0.05, 0.1) is 0 Å². The Balaban J connectivity index is 1.32. The summed E-state index contributed by atoms with van der Waals surface area (Å²) >= 11 is 0. The Morgan fingerprint density at radius 1 is 0.436 bits per heavy atom. The third-order valence-electron chi connectivity index (χ3n) is 5.80. The van der Waals surface area contributed by atoms with Gasteiger partial charge < -0.3 is 14.6 Å². The molecule has 0 saturated carbocycles. The molecule has 0 aliphatic heterocycles. The molecule has 0 radical (unpaired) electrons. The van der Waals surface area contributed by atoms with E-state index in [4.69, 9.17) is 9.68 Å². The minimum atomic E-state index is -0.357. The van der Waals surface area contributed by atoms with Crippen molar-refractivity contribution in [2.24, 2.45) is 0 Å². The summed E-state index contributed by atoms with van der Waals surface area (Å²) in [6.07, 6.45) is 0. The molecule has 0 aromatic heterocycles. The monoisotopic (exact) mass is 515 g/mol. The van der Waals surface area contributed by atoms with Crippen molar-refractivity contribution in [3.05, 3.63) is 151 Å². The lowest BCUT2D eigenvalue weighted by Gasteiger charge is -2.25. The molecule has 0 saturated heterocycles. The first kappa shape index (κ1) is 25.1. The molecule has 0 heterocycles. The fraction of sp³-hybridized carbons (Fsp3) is 0. The number of para-hydroxylation sites is 3. The third-order valence-corrected chi connectivity index (χ3v) is 5.80. The van der Waals surface area contributed by atoms with Crippen molar-refractivity contribution in [1.82, 2.24) is 11.0 Å². The van der Waals surface area contributed by atoms with Gasteiger partial charge in [-0.1, -0.05) is 54.6 Å². The van der Waals surface area contributed by atoms with Crippen molar-refractivity contribution in [2.45, 2.75) is 0 Å². The molecule has 0 atom stereocenters. The highest BCUT2D eigenvalue weighted by atomic mass is 16.7. The van der Waals surface area contributed by atoms with Crippen molar-refractivity contribution in [1.29, 1.82) is 0 Å². The first-order valence-electron chi connectivity index (χ1n) is 12.3. The van der Waals surface area contributed by atoms with Crippen molar-refractivity contribution >= 4 is 28.9 Å². The molecule has 7 nitrogen and oxygen atoms in total. The molecule has 0 unspecified atom stereocenters. The molecule has 0 aliphatic rings. The fourth-order valence-corrected chi connectivity index (χ4v) is 3.85. The maximum Gasteiger partial charge on any atom is 0.283 e. The Morgan fingerprint density at radius 2 is 0.769 bits per heavy atom. The van der Waals surface area contributed by atoms with Crippen LogP contribution in [-0.2, 0) is 0 Å². The predicted octanol–water partition coefficient (Wildman–Crippen LogP) is 6.60. The number of carbonyl (C=O) groups is 2. The van der Waals surface area contributed by atoms with Gasteiger partial charge >= 0.3 is 0 Å². The summed E-state index contributed by atoms with van der Waals surface area (Å²) in [6, 6.07) is 42.3. The highest BCUT2D eigenvalue weighted by Gasteiger charge is 2.15. The molecule has 2 amide bonds. The standard InChI is InChI=1S/C32H25N3O4/c36-31(33-38-29-12-6-2-7-13-29)24-16-20-27(21-17-24)35(26-10-4-1-5-11-26)28-22-18-25(19-23-28)32(37)34-39-30-14-8-3-9-15-30/h1-23H,(H,33,36)(H,34,37). The van der Waals surface area contributed by atoms with E-state index >= 15 is 0 Å². The van der Waals surface area contributed by atoms with Crippen LogP contribution in [0.5, 0.6) is 11.5 Å². The second-order valence-corrected chi connectivity index (χ2v) is 8.46. The Hall–Kier alpha value is -5.56. The molecular weight excluding hydrogens is 490 g/mol. The van der Waals surface area contributed by atoms with Gasteiger partial charge in [-0.15, -0.1) is 0 Å². The van der Waals surface area contributed by atoms with E-state index in [0.29, 0.717) is 22.6 Å². The van der Waals surface area contributed by atoms with Gasteiger partial charge in [0.15, 0.2) is 11.5 Å². The van der Waals surface area contributed by atoms with E-state index in [9.17, 15) is 9.59 Å². The van der Waals surface area contributed by atoms with Crippen molar-refractivity contribution in [2.75, 3.05) is 4.90 Å². The molecule has 192 valence electrons. The molecule has 5 rings (SSSR count). The maximum absolute atomic E-state index is 12.6. The topological polar surface area (TPSA) is 79.9 Å². The summed E-state index contributed by atoms with van der Waals surface area (Å²) in [5.41, 5.74) is 8.43. The van der Waals surface area contributed by atoms with Crippen LogP contribution in [0.2, 0.25) is 0 Å².